The second-order valence-electron chi connectivity index (χ2n) is 6.20. The number of carbonyl (C=O) groups is 1. The minimum Gasteiger partial charge on any atom is -0.489 e. The van der Waals surface area contributed by atoms with E-state index < -0.39 is 5.91 Å². The van der Waals surface area contributed by atoms with E-state index in [0.717, 1.165) is 34.8 Å². The van der Waals surface area contributed by atoms with Gasteiger partial charge in [0.05, 0.1) is 5.69 Å². The highest BCUT2D eigenvalue weighted by Gasteiger charge is 2.24. The number of carbonyl (C=O) groups excluding carboxylic acids is 1. The predicted octanol–water partition coefficient (Wildman–Crippen LogP) is 2.35. The third kappa shape index (κ3) is 2.87. The Morgan fingerprint density at radius 3 is 2.72 bits per heavy atom. The van der Waals surface area contributed by atoms with Crippen LogP contribution in [0.1, 0.15) is 33.1 Å². The molecule has 4 rings (SSSR count). The molecule has 0 atom stereocenters. The zero-order chi connectivity index (χ0) is 17.4. The zero-order valence-corrected chi connectivity index (χ0v) is 13.9. The molecular weight excluding hydrogens is 316 g/mol. The van der Waals surface area contributed by atoms with E-state index in [9.17, 15) is 4.79 Å². The van der Waals surface area contributed by atoms with Crippen LogP contribution in [0.3, 0.4) is 0 Å². The molecule has 126 valence electrons. The summed E-state index contributed by atoms with van der Waals surface area (Å²) in [6.45, 7) is 2.58. The molecule has 25 heavy (non-hydrogen) atoms. The number of amides is 1. The fourth-order valence-corrected chi connectivity index (χ4v) is 3.06. The summed E-state index contributed by atoms with van der Waals surface area (Å²) in [4.78, 5) is 11.6. The number of ether oxygens (including phenoxy) is 1. The minimum atomic E-state index is -0.578. The molecule has 0 aliphatic carbocycles. The van der Waals surface area contributed by atoms with E-state index in [4.69, 9.17) is 10.5 Å². The van der Waals surface area contributed by atoms with Crippen molar-refractivity contribution in [3.63, 3.8) is 0 Å². The first-order valence-corrected chi connectivity index (χ1v) is 8.17. The van der Waals surface area contributed by atoms with Gasteiger partial charge >= 0.3 is 0 Å². The summed E-state index contributed by atoms with van der Waals surface area (Å²) in [7, 11) is 0. The Hall–Kier alpha value is -3.15. The Morgan fingerprint density at radius 1 is 1.16 bits per heavy atom. The second kappa shape index (κ2) is 6.05. The van der Waals surface area contributed by atoms with Gasteiger partial charge < -0.3 is 10.5 Å². The van der Waals surface area contributed by atoms with Gasteiger partial charge in [-0.25, -0.2) is 0 Å². The molecule has 0 bridgehead atoms. The Morgan fingerprint density at radius 2 is 1.96 bits per heavy atom. The van der Waals surface area contributed by atoms with Crippen LogP contribution in [-0.2, 0) is 19.4 Å². The van der Waals surface area contributed by atoms with E-state index in [-0.39, 0.29) is 5.82 Å². The number of rotatable bonds is 4. The number of aryl methyl sites for hydroxylation is 3. The van der Waals surface area contributed by atoms with Crippen LogP contribution in [0.15, 0.2) is 42.5 Å². The summed E-state index contributed by atoms with van der Waals surface area (Å²) >= 11 is 0. The predicted molar refractivity (Wildman–Crippen MR) is 92.8 cm³/mol. The lowest BCUT2D eigenvalue weighted by molar-refractivity contribution is 0.0988. The van der Waals surface area contributed by atoms with Gasteiger partial charge in [0.25, 0.3) is 5.91 Å². The summed E-state index contributed by atoms with van der Waals surface area (Å²) in [5.41, 5.74) is 9.74. The van der Waals surface area contributed by atoms with Gasteiger partial charge in [-0.1, -0.05) is 29.8 Å². The summed E-state index contributed by atoms with van der Waals surface area (Å²) in [6.07, 6.45) is 1.54. The van der Waals surface area contributed by atoms with Crippen LogP contribution in [0.2, 0.25) is 0 Å². The zero-order valence-electron chi connectivity index (χ0n) is 13.9. The van der Waals surface area contributed by atoms with Crippen molar-refractivity contribution in [2.75, 3.05) is 0 Å². The van der Waals surface area contributed by atoms with Crippen molar-refractivity contribution in [1.82, 2.24) is 14.8 Å². The topological polar surface area (TPSA) is 83.0 Å². The van der Waals surface area contributed by atoms with Crippen molar-refractivity contribution in [3.05, 3.63) is 70.8 Å². The smallest absolute Gasteiger partial charge is 0.287 e. The summed E-state index contributed by atoms with van der Waals surface area (Å²) in [5.74, 6) is 1.15. The first kappa shape index (κ1) is 15.4. The van der Waals surface area contributed by atoms with E-state index in [2.05, 4.69) is 41.4 Å². The first-order chi connectivity index (χ1) is 12.1. The lowest BCUT2D eigenvalue weighted by Gasteiger charge is -2.19. The van der Waals surface area contributed by atoms with Gasteiger partial charge in [0.2, 0.25) is 5.82 Å². The number of hydrogen-bond acceptors (Lipinski definition) is 4. The maximum atomic E-state index is 11.6. The highest BCUT2D eigenvalue weighted by molar-refractivity contribution is 5.90. The molecule has 6 heteroatoms. The minimum absolute atomic E-state index is 0.171. The Labute approximate surface area is 145 Å². The summed E-state index contributed by atoms with van der Waals surface area (Å²) < 4.78 is 7.65. The van der Waals surface area contributed by atoms with Crippen molar-refractivity contribution >= 4 is 5.91 Å². The molecule has 0 saturated carbocycles. The quantitative estimate of drug-likeness (QED) is 0.794. The molecule has 0 unspecified atom stereocenters. The summed E-state index contributed by atoms with van der Waals surface area (Å²) in [5, 5.41) is 7.97. The van der Waals surface area contributed by atoms with E-state index in [1.165, 1.54) is 5.56 Å². The second-order valence-corrected chi connectivity index (χ2v) is 6.20. The van der Waals surface area contributed by atoms with Gasteiger partial charge in [0.15, 0.2) is 0 Å². The van der Waals surface area contributed by atoms with Gasteiger partial charge in [-0.05, 0) is 42.7 Å². The molecule has 1 aromatic heterocycles. The van der Waals surface area contributed by atoms with Crippen LogP contribution in [0, 0.1) is 6.92 Å². The molecule has 0 spiro atoms. The van der Waals surface area contributed by atoms with Crippen molar-refractivity contribution in [2.45, 2.75) is 26.4 Å². The fraction of sp³-hybridized carbons (Fsp3) is 0.211. The number of nitrogens with two attached hydrogens (primary N) is 1. The average Bonchev–Trinajstić information content (AvgIpc) is 3.06. The van der Waals surface area contributed by atoms with E-state index in [1.54, 1.807) is 4.57 Å². The highest BCUT2D eigenvalue weighted by atomic mass is 16.5. The molecule has 2 aromatic carbocycles. The van der Waals surface area contributed by atoms with Gasteiger partial charge in [0, 0.05) is 6.42 Å². The van der Waals surface area contributed by atoms with Crippen molar-refractivity contribution < 1.29 is 9.53 Å². The van der Waals surface area contributed by atoms with Crippen molar-refractivity contribution in [3.8, 4) is 11.4 Å². The molecule has 1 amide bonds. The largest absolute Gasteiger partial charge is 0.489 e. The Kier molecular flexibility index (Phi) is 3.72. The molecule has 1 aliphatic rings. The van der Waals surface area contributed by atoms with Crippen LogP contribution >= 0.6 is 0 Å². The summed E-state index contributed by atoms with van der Waals surface area (Å²) in [6, 6.07) is 14.1. The molecule has 1 aliphatic heterocycles. The van der Waals surface area contributed by atoms with Crippen LogP contribution in [0.5, 0.6) is 5.75 Å². The molecule has 2 N–H and O–H groups in total. The molecule has 0 saturated heterocycles. The van der Waals surface area contributed by atoms with E-state index >= 15 is 0 Å². The van der Waals surface area contributed by atoms with Crippen LogP contribution in [0.25, 0.3) is 5.69 Å². The Bertz CT molecular complexity index is 945. The molecule has 2 heterocycles. The average molecular weight is 334 g/mol. The number of primary amides is 1. The van der Waals surface area contributed by atoms with E-state index in [1.807, 2.05) is 18.2 Å². The maximum absolute atomic E-state index is 11.6. The number of fused-ring (bicyclic) bond motifs is 3. The molecule has 6 nitrogen and oxygen atoms in total. The van der Waals surface area contributed by atoms with Gasteiger partial charge in [0.1, 0.15) is 18.2 Å². The highest BCUT2D eigenvalue weighted by Crippen LogP contribution is 2.28. The Balaban J connectivity index is 1.59. The third-order valence-electron chi connectivity index (χ3n) is 4.39. The normalized spacial score (nSPS) is 12.4. The van der Waals surface area contributed by atoms with E-state index in [0.29, 0.717) is 13.0 Å². The number of hydrogen-bond donors (Lipinski definition) is 1. The van der Waals surface area contributed by atoms with Gasteiger partial charge in [-0.2, -0.15) is 0 Å². The monoisotopic (exact) mass is 334 g/mol. The number of nitrogens with zero attached hydrogens (tertiary/aromatic N) is 3. The third-order valence-corrected chi connectivity index (χ3v) is 4.39. The lowest BCUT2D eigenvalue weighted by Crippen LogP contribution is -2.21. The molecule has 3 aromatic rings. The van der Waals surface area contributed by atoms with Crippen LogP contribution < -0.4 is 10.5 Å². The first-order valence-electron chi connectivity index (χ1n) is 8.17. The molecule has 0 fully saturated rings. The fourth-order valence-electron chi connectivity index (χ4n) is 3.06. The van der Waals surface area contributed by atoms with Crippen LogP contribution in [-0.4, -0.2) is 20.7 Å². The van der Waals surface area contributed by atoms with Crippen molar-refractivity contribution in [1.29, 1.82) is 0 Å². The molecular formula is C19H18N4O2. The number of aromatic nitrogens is 3. The van der Waals surface area contributed by atoms with Crippen LogP contribution in [0.4, 0.5) is 0 Å². The van der Waals surface area contributed by atoms with Gasteiger partial charge in [-0.15, -0.1) is 10.2 Å². The lowest BCUT2D eigenvalue weighted by atomic mass is 10.0. The SMILES string of the molecule is Cc1ccc(COc2ccc3c(c2)CCc2nnc(C(N)=O)n2-3)cc1. The standard InChI is InChI=1S/C19H18N4O2/c1-12-2-4-13(5-3-12)11-25-15-7-8-16-14(10-15)6-9-17-21-22-19(18(20)24)23(16)17/h2-5,7-8,10H,6,9,11H2,1H3,(H2,20,24). The molecule has 0 radical (unpaired) electrons. The maximum Gasteiger partial charge on any atom is 0.287 e. The van der Waals surface area contributed by atoms with Crippen molar-refractivity contribution in [2.24, 2.45) is 5.73 Å². The number of benzene rings is 2. The van der Waals surface area contributed by atoms with Gasteiger partial charge in [-0.3, -0.25) is 9.36 Å².